The third-order valence-electron chi connectivity index (χ3n) is 3.03. The lowest BCUT2D eigenvalue weighted by Gasteiger charge is -2.04. The highest BCUT2D eigenvalue weighted by molar-refractivity contribution is 6.32. The normalized spacial score (nSPS) is 15.4. The molecule has 1 heterocycles. The second-order valence-electron chi connectivity index (χ2n) is 4.52. The number of Topliss-reactive ketones (excluding diaryl/α,β-unsaturated/α-hetero) is 1. The minimum atomic E-state index is 0.291. The van der Waals surface area contributed by atoms with Crippen molar-refractivity contribution < 1.29 is 4.79 Å². The molecule has 1 aromatic rings. The molecule has 16 heavy (non-hydrogen) atoms. The van der Waals surface area contributed by atoms with Gasteiger partial charge in [0, 0.05) is 19.4 Å². The average Bonchev–Trinajstić information content (AvgIpc) is 3.01. The van der Waals surface area contributed by atoms with Gasteiger partial charge in [0.25, 0.3) is 0 Å². The number of ketones is 1. The van der Waals surface area contributed by atoms with E-state index in [4.69, 9.17) is 11.6 Å². The Bertz CT molecular complexity index is 407. The summed E-state index contributed by atoms with van der Waals surface area (Å²) in [5, 5.41) is 4.97. The van der Waals surface area contributed by atoms with E-state index >= 15 is 0 Å². The first-order valence-electron chi connectivity index (χ1n) is 5.85. The SMILES string of the molecule is CCn1nc(C)c(Cl)c1CC(=O)CC1CC1. The van der Waals surface area contributed by atoms with Crippen LogP contribution in [0, 0.1) is 12.8 Å². The summed E-state index contributed by atoms with van der Waals surface area (Å²) < 4.78 is 1.84. The molecule has 1 saturated carbocycles. The van der Waals surface area contributed by atoms with E-state index in [1.807, 2.05) is 18.5 Å². The number of aromatic nitrogens is 2. The highest BCUT2D eigenvalue weighted by Crippen LogP contribution is 2.33. The van der Waals surface area contributed by atoms with Gasteiger partial charge in [-0.2, -0.15) is 5.10 Å². The third-order valence-corrected chi connectivity index (χ3v) is 3.52. The molecule has 0 N–H and O–H groups in total. The zero-order valence-corrected chi connectivity index (χ0v) is 10.5. The van der Waals surface area contributed by atoms with E-state index in [0.29, 0.717) is 29.6 Å². The standard InChI is InChI=1S/C12H17ClN2O/c1-3-15-11(12(13)8(2)14-15)7-10(16)6-9-4-5-9/h9H,3-7H2,1-2H3. The minimum Gasteiger partial charge on any atom is -0.299 e. The molecule has 1 fully saturated rings. The van der Waals surface area contributed by atoms with E-state index in [1.54, 1.807) is 0 Å². The molecule has 4 heteroatoms. The monoisotopic (exact) mass is 240 g/mol. The smallest absolute Gasteiger partial charge is 0.139 e. The number of aryl methyl sites for hydroxylation is 2. The van der Waals surface area contributed by atoms with E-state index in [1.165, 1.54) is 12.8 Å². The van der Waals surface area contributed by atoms with Crippen LogP contribution in [0.4, 0.5) is 0 Å². The number of carbonyl (C=O) groups is 1. The topological polar surface area (TPSA) is 34.9 Å². The summed E-state index contributed by atoms with van der Waals surface area (Å²) in [6, 6.07) is 0. The van der Waals surface area contributed by atoms with Gasteiger partial charge in [0.15, 0.2) is 0 Å². The third kappa shape index (κ3) is 2.46. The molecular weight excluding hydrogens is 224 g/mol. The van der Waals surface area contributed by atoms with Crippen LogP contribution >= 0.6 is 11.6 Å². The second kappa shape index (κ2) is 4.58. The summed E-state index contributed by atoms with van der Waals surface area (Å²) >= 11 is 6.15. The van der Waals surface area contributed by atoms with Gasteiger partial charge in [-0.1, -0.05) is 11.6 Å². The molecule has 1 aliphatic carbocycles. The lowest BCUT2D eigenvalue weighted by Crippen LogP contribution is -2.10. The molecular formula is C12H17ClN2O. The van der Waals surface area contributed by atoms with Gasteiger partial charge in [-0.3, -0.25) is 9.48 Å². The van der Waals surface area contributed by atoms with Gasteiger partial charge < -0.3 is 0 Å². The zero-order valence-electron chi connectivity index (χ0n) is 9.79. The van der Waals surface area contributed by atoms with Gasteiger partial charge in [0.1, 0.15) is 5.78 Å². The summed E-state index contributed by atoms with van der Waals surface area (Å²) in [5.41, 5.74) is 1.70. The quantitative estimate of drug-likeness (QED) is 0.793. The Balaban J connectivity index is 2.09. The largest absolute Gasteiger partial charge is 0.299 e. The van der Waals surface area contributed by atoms with Crippen LogP contribution in [0.25, 0.3) is 0 Å². The number of halogens is 1. The Labute approximate surface area is 101 Å². The molecule has 0 spiro atoms. The molecule has 0 aromatic carbocycles. The summed E-state index contributed by atoms with van der Waals surface area (Å²) in [4.78, 5) is 11.8. The van der Waals surface area contributed by atoms with E-state index in [-0.39, 0.29) is 0 Å². The van der Waals surface area contributed by atoms with Gasteiger partial charge in [-0.15, -0.1) is 0 Å². The Morgan fingerprint density at radius 1 is 1.56 bits per heavy atom. The highest BCUT2D eigenvalue weighted by Gasteiger charge is 2.25. The lowest BCUT2D eigenvalue weighted by atomic mass is 10.1. The van der Waals surface area contributed by atoms with Crippen molar-refractivity contribution in [1.82, 2.24) is 9.78 Å². The number of hydrogen-bond acceptors (Lipinski definition) is 2. The fourth-order valence-electron chi connectivity index (χ4n) is 1.94. The maximum atomic E-state index is 11.8. The molecule has 2 rings (SSSR count). The summed E-state index contributed by atoms with van der Waals surface area (Å²) in [6.07, 6.45) is 3.57. The van der Waals surface area contributed by atoms with E-state index in [9.17, 15) is 4.79 Å². The van der Waals surface area contributed by atoms with Crippen LogP contribution in [0.1, 0.15) is 37.6 Å². The van der Waals surface area contributed by atoms with Crippen molar-refractivity contribution in [1.29, 1.82) is 0 Å². The molecule has 3 nitrogen and oxygen atoms in total. The first kappa shape index (κ1) is 11.6. The molecule has 1 aromatic heterocycles. The fourth-order valence-corrected chi connectivity index (χ4v) is 2.14. The van der Waals surface area contributed by atoms with Gasteiger partial charge in [0.2, 0.25) is 0 Å². The molecule has 0 amide bonds. The second-order valence-corrected chi connectivity index (χ2v) is 4.90. The predicted molar refractivity (Wildman–Crippen MR) is 63.7 cm³/mol. The Morgan fingerprint density at radius 3 is 2.81 bits per heavy atom. The first-order valence-corrected chi connectivity index (χ1v) is 6.23. The highest BCUT2D eigenvalue weighted by atomic mass is 35.5. The molecule has 88 valence electrons. The van der Waals surface area contributed by atoms with Crippen LogP contribution < -0.4 is 0 Å². The van der Waals surface area contributed by atoms with Crippen molar-refractivity contribution in [2.45, 2.75) is 46.1 Å². The fraction of sp³-hybridized carbons (Fsp3) is 0.667. The van der Waals surface area contributed by atoms with Gasteiger partial charge in [-0.25, -0.2) is 0 Å². The van der Waals surface area contributed by atoms with E-state index in [0.717, 1.165) is 17.9 Å². The maximum absolute atomic E-state index is 11.8. The molecule has 0 saturated heterocycles. The number of carbonyl (C=O) groups excluding carboxylic acids is 1. The Hall–Kier alpha value is -0.830. The van der Waals surface area contributed by atoms with Crippen LogP contribution in [0.5, 0.6) is 0 Å². The van der Waals surface area contributed by atoms with Crippen molar-refractivity contribution in [3.63, 3.8) is 0 Å². The Kier molecular flexibility index (Phi) is 3.33. The molecule has 0 radical (unpaired) electrons. The van der Waals surface area contributed by atoms with E-state index < -0.39 is 0 Å². The van der Waals surface area contributed by atoms with Crippen LogP contribution in [-0.4, -0.2) is 15.6 Å². The van der Waals surface area contributed by atoms with Gasteiger partial charge >= 0.3 is 0 Å². The summed E-state index contributed by atoms with van der Waals surface area (Å²) in [6.45, 7) is 4.65. The van der Waals surface area contributed by atoms with Gasteiger partial charge in [0.05, 0.1) is 16.4 Å². The Morgan fingerprint density at radius 2 is 2.25 bits per heavy atom. The number of nitrogens with zero attached hydrogens (tertiary/aromatic N) is 2. The summed E-state index contributed by atoms with van der Waals surface area (Å²) in [7, 11) is 0. The van der Waals surface area contributed by atoms with Crippen LogP contribution in [-0.2, 0) is 17.8 Å². The molecule has 0 aliphatic heterocycles. The van der Waals surface area contributed by atoms with Crippen LogP contribution in [0.2, 0.25) is 5.02 Å². The maximum Gasteiger partial charge on any atom is 0.139 e. The molecule has 1 aliphatic rings. The van der Waals surface area contributed by atoms with Crippen LogP contribution in [0.15, 0.2) is 0 Å². The minimum absolute atomic E-state index is 0.291. The molecule has 0 bridgehead atoms. The molecule has 0 unspecified atom stereocenters. The average molecular weight is 241 g/mol. The van der Waals surface area contributed by atoms with E-state index in [2.05, 4.69) is 5.10 Å². The van der Waals surface area contributed by atoms with Crippen molar-refractivity contribution in [3.8, 4) is 0 Å². The number of rotatable bonds is 5. The summed E-state index contributed by atoms with van der Waals surface area (Å²) in [5.74, 6) is 0.935. The van der Waals surface area contributed by atoms with Gasteiger partial charge in [-0.05, 0) is 32.6 Å². The van der Waals surface area contributed by atoms with Crippen molar-refractivity contribution in [2.75, 3.05) is 0 Å². The zero-order chi connectivity index (χ0) is 11.7. The molecule has 0 atom stereocenters. The first-order chi connectivity index (χ1) is 7.61. The number of hydrogen-bond donors (Lipinski definition) is 0. The lowest BCUT2D eigenvalue weighted by molar-refractivity contribution is -0.118. The van der Waals surface area contributed by atoms with Crippen molar-refractivity contribution in [2.24, 2.45) is 5.92 Å². The predicted octanol–water partition coefficient (Wildman–Crippen LogP) is 2.78. The van der Waals surface area contributed by atoms with Crippen molar-refractivity contribution in [3.05, 3.63) is 16.4 Å². The van der Waals surface area contributed by atoms with Crippen LogP contribution in [0.3, 0.4) is 0 Å². The van der Waals surface area contributed by atoms with Crippen molar-refractivity contribution >= 4 is 17.4 Å².